The molecule has 0 spiro atoms. The monoisotopic (exact) mass is 341 g/mol. The van der Waals surface area contributed by atoms with E-state index in [2.05, 4.69) is 17.1 Å². The average Bonchev–Trinajstić information content (AvgIpc) is 3.01. The molecule has 0 fully saturated rings. The van der Waals surface area contributed by atoms with Crippen molar-refractivity contribution in [2.24, 2.45) is 0 Å². The van der Waals surface area contributed by atoms with E-state index < -0.39 is 0 Å². The molecule has 3 rings (SSSR count). The summed E-state index contributed by atoms with van der Waals surface area (Å²) in [6, 6.07) is 14.2. The summed E-state index contributed by atoms with van der Waals surface area (Å²) in [5.74, 6) is 0. The normalized spacial score (nSPS) is 10.4. The third-order valence-electron chi connectivity index (χ3n) is 3.17. The minimum absolute atomic E-state index is 0.757. The van der Waals surface area contributed by atoms with Crippen molar-refractivity contribution < 1.29 is 4.79 Å². The number of carbonyl (C=O) groups is 1. The van der Waals surface area contributed by atoms with Gasteiger partial charge in [0, 0.05) is 0 Å². The van der Waals surface area contributed by atoms with E-state index in [9.17, 15) is 4.79 Å². The molecule has 20 heavy (non-hydrogen) atoms. The van der Waals surface area contributed by atoms with E-state index >= 15 is 0 Å². The van der Waals surface area contributed by atoms with Crippen molar-refractivity contribution in [2.45, 2.75) is 0 Å². The van der Waals surface area contributed by atoms with Gasteiger partial charge in [0.1, 0.15) is 0 Å². The first-order valence-corrected chi connectivity index (χ1v) is 8.22. The molecule has 0 bridgehead atoms. The molecule has 0 aliphatic rings. The number of benzene rings is 2. The van der Waals surface area contributed by atoms with Gasteiger partial charge in [-0.25, -0.2) is 0 Å². The molecule has 0 saturated carbocycles. The molecule has 1 unspecified atom stereocenters. The van der Waals surface area contributed by atoms with E-state index in [0.29, 0.717) is 0 Å². The molecular formula is C16H12AsNOS. The Balaban J connectivity index is 2.30. The Kier molecular flexibility index (Phi) is 3.81. The number of rotatable bonds is 3. The summed E-state index contributed by atoms with van der Waals surface area (Å²) in [7, 11) is 0. The zero-order valence-corrected chi connectivity index (χ0v) is 13.9. The van der Waals surface area contributed by atoms with Crippen molar-refractivity contribution in [2.75, 3.05) is 0 Å². The molecule has 1 atom stereocenters. The summed E-state index contributed by atoms with van der Waals surface area (Å²) in [4.78, 5) is 16.5. The zero-order valence-electron chi connectivity index (χ0n) is 10.6. The van der Waals surface area contributed by atoms with Gasteiger partial charge in [-0.15, -0.1) is 0 Å². The predicted octanol–water partition coefficient (Wildman–Crippen LogP) is 2.55. The number of hydrogen-bond donors (Lipinski definition) is 0. The molecule has 0 radical (unpaired) electrons. The van der Waals surface area contributed by atoms with Gasteiger partial charge in [-0.2, -0.15) is 0 Å². The first kappa shape index (κ1) is 13.3. The second-order valence-electron chi connectivity index (χ2n) is 4.34. The number of thiazole rings is 1. The van der Waals surface area contributed by atoms with Gasteiger partial charge in [-0.1, -0.05) is 0 Å². The topological polar surface area (TPSA) is 30.0 Å². The summed E-state index contributed by atoms with van der Waals surface area (Å²) in [5.41, 5.74) is 6.02. The first-order chi connectivity index (χ1) is 9.81. The quantitative estimate of drug-likeness (QED) is 0.541. The molecule has 0 aliphatic carbocycles. The fraction of sp³-hybridized carbons (Fsp3) is 0. The van der Waals surface area contributed by atoms with Crippen molar-refractivity contribution in [1.82, 2.24) is 4.98 Å². The molecule has 2 nitrogen and oxygen atoms in total. The Morgan fingerprint density at radius 2 is 1.90 bits per heavy atom. The van der Waals surface area contributed by atoms with Gasteiger partial charge in [-0.3, -0.25) is 0 Å². The van der Waals surface area contributed by atoms with Gasteiger partial charge in [0.05, 0.1) is 0 Å². The molecule has 4 heteroatoms. The van der Waals surface area contributed by atoms with Crippen LogP contribution in [-0.2, 0) is 0 Å². The fourth-order valence-electron chi connectivity index (χ4n) is 2.20. The molecule has 0 amide bonds. The van der Waals surface area contributed by atoms with Crippen LogP contribution in [0.1, 0.15) is 10.4 Å². The van der Waals surface area contributed by atoms with Crippen LogP contribution in [0.2, 0.25) is 0 Å². The minimum atomic E-state index is 0.757. The van der Waals surface area contributed by atoms with E-state index in [1.165, 1.54) is 16.9 Å². The van der Waals surface area contributed by atoms with Crippen LogP contribution >= 0.6 is 11.3 Å². The van der Waals surface area contributed by atoms with Gasteiger partial charge in [-0.05, 0) is 0 Å². The summed E-state index contributed by atoms with van der Waals surface area (Å²) < 4.78 is 1.07. The summed E-state index contributed by atoms with van der Waals surface area (Å²) in [5, 5.41) is 0. The van der Waals surface area contributed by atoms with Crippen molar-refractivity contribution in [3.05, 3.63) is 59.7 Å². The second kappa shape index (κ2) is 5.74. The van der Waals surface area contributed by atoms with Crippen molar-refractivity contribution in [1.29, 1.82) is 0 Å². The van der Waals surface area contributed by atoms with E-state index in [4.69, 9.17) is 0 Å². The van der Waals surface area contributed by atoms with Crippen LogP contribution < -0.4 is 4.35 Å². The molecule has 1 aromatic heterocycles. The predicted molar refractivity (Wildman–Crippen MR) is 86.6 cm³/mol. The maximum absolute atomic E-state index is 11.2. The molecule has 1 heterocycles. The van der Waals surface area contributed by atoms with Gasteiger partial charge < -0.3 is 0 Å². The maximum atomic E-state index is 11.2. The molecule has 2 aromatic carbocycles. The molecule has 0 aliphatic heterocycles. The van der Waals surface area contributed by atoms with Crippen LogP contribution in [0, 0.1) is 0 Å². The van der Waals surface area contributed by atoms with E-state index in [1.54, 1.807) is 11.3 Å². The Morgan fingerprint density at radius 1 is 1.10 bits per heavy atom. The Morgan fingerprint density at radius 3 is 2.55 bits per heavy atom. The summed E-state index contributed by atoms with van der Waals surface area (Å²) in [6.07, 6.45) is 2.79. The molecular weight excluding hydrogens is 329 g/mol. The molecule has 0 N–H and O–H groups in total. The standard InChI is InChI=1S/C16H12AsNOS/c17-16-12(9-19)6-7-13(11-4-2-1-3-5-11)15(16)14-8-18-10-20-14/h1-10H,17H2. The number of aldehydes is 1. The zero-order chi connectivity index (χ0) is 13.9. The van der Waals surface area contributed by atoms with Crippen LogP contribution in [0.5, 0.6) is 0 Å². The number of carbonyl (C=O) groups excluding carboxylic acids is 1. The van der Waals surface area contributed by atoms with Crippen molar-refractivity contribution >= 4 is 38.8 Å². The van der Waals surface area contributed by atoms with Crippen LogP contribution in [0.25, 0.3) is 21.6 Å². The van der Waals surface area contributed by atoms with Gasteiger partial charge in [0.25, 0.3) is 0 Å². The van der Waals surface area contributed by atoms with Crippen molar-refractivity contribution in [3.63, 3.8) is 0 Å². The van der Waals surface area contributed by atoms with E-state index in [1.807, 2.05) is 42.0 Å². The molecule has 3 aromatic rings. The third-order valence-corrected chi connectivity index (χ3v) is 5.27. The fourth-order valence-corrected chi connectivity index (χ4v) is 4.11. The molecule has 0 saturated heterocycles. The number of aromatic nitrogens is 1. The van der Waals surface area contributed by atoms with Crippen LogP contribution in [0.3, 0.4) is 0 Å². The SMILES string of the molecule is O=Cc1ccc(-c2ccccc2)c(-c2cncs2)c1[AsH2]. The van der Waals surface area contributed by atoms with Gasteiger partial charge in [0.2, 0.25) is 0 Å². The summed E-state index contributed by atoms with van der Waals surface area (Å²) in [6.45, 7) is 0. The van der Waals surface area contributed by atoms with Crippen LogP contribution in [0.15, 0.2) is 54.2 Å². The van der Waals surface area contributed by atoms with Crippen LogP contribution in [0.4, 0.5) is 0 Å². The van der Waals surface area contributed by atoms with Gasteiger partial charge in [0.15, 0.2) is 0 Å². The van der Waals surface area contributed by atoms with Gasteiger partial charge >= 0.3 is 130 Å². The third kappa shape index (κ3) is 2.35. The first-order valence-electron chi connectivity index (χ1n) is 6.13. The number of hydrogen-bond acceptors (Lipinski definition) is 3. The average molecular weight is 341 g/mol. The second-order valence-corrected chi connectivity index (χ2v) is 6.44. The van der Waals surface area contributed by atoms with Crippen molar-refractivity contribution in [3.8, 4) is 21.6 Å². The van der Waals surface area contributed by atoms with E-state index in [-0.39, 0.29) is 0 Å². The summed E-state index contributed by atoms with van der Waals surface area (Å²) >= 11 is 3.07. The van der Waals surface area contributed by atoms with E-state index in [0.717, 1.165) is 37.8 Å². The Bertz CT molecular complexity index is 739. The Hall–Kier alpha value is -1.70. The Labute approximate surface area is 130 Å². The number of nitrogens with zero attached hydrogens (tertiary/aromatic N) is 1. The molecule has 98 valence electrons. The van der Waals surface area contributed by atoms with Crippen LogP contribution in [-0.4, -0.2) is 28.1 Å².